The number of ether oxygens (including phenoxy) is 1. The molecule has 3 aromatic rings. The van der Waals surface area contributed by atoms with Crippen molar-refractivity contribution < 1.29 is 9.53 Å². The number of aryl methyl sites for hydroxylation is 2. The summed E-state index contributed by atoms with van der Waals surface area (Å²) in [6.45, 7) is 4.43. The molecule has 138 valence electrons. The first-order chi connectivity index (χ1) is 13.1. The van der Waals surface area contributed by atoms with Gasteiger partial charge >= 0.3 is 0 Å². The summed E-state index contributed by atoms with van der Waals surface area (Å²) in [4.78, 5) is 12.5. The van der Waals surface area contributed by atoms with Gasteiger partial charge in [-0.25, -0.2) is 0 Å². The molecule has 0 saturated carbocycles. The monoisotopic (exact) mass is 359 g/mol. The van der Waals surface area contributed by atoms with Crippen LogP contribution in [-0.4, -0.2) is 12.5 Å². The van der Waals surface area contributed by atoms with Crippen LogP contribution in [0.5, 0.6) is 5.75 Å². The van der Waals surface area contributed by atoms with Gasteiger partial charge in [0.25, 0.3) is 0 Å². The summed E-state index contributed by atoms with van der Waals surface area (Å²) in [7, 11) is 0. The van der Waals surface area contributed by atoms with Gasteiger partial charge in [0.05, 0.1) is 19.1 Å². The Morgan fingerprint density at radius 3 is 1.89 bits per heavy atom. The quantitative estimate of drug-likeness (QED) is 0.646. The normalized spacial score (nSPS) is 10.6. The van der Waals surface area contributed by atoms with Crippen LogP contribution in [0.4, 0.5) is 0 Å². The molecule has 0 heterocycles. The Morgan fingerprint density at radius 1 is 0.852 bits per heavy atom. The lowest BCUT2D eigenvalue weighted by atomic mass is 9.98. The molecule has 0 bridgehead atoms. The average Bonchev–Trinajstić information content (AvgIpc) is 2.67. The van der Waals surface area contributed by atoms with Gasteiger partial charge in [-0.2, -0.15) is 0 Å². The molecule has 0 radical (unpaired) electrons. The van der Waals surface area contributed by atoms with E-state index in [4.69, 9.17) is 4.74 Å². The lowest BCUT2D eigenvalue weighted by Gasteiger charge is -2.20. The van der Waals surface area contributed by atoms with Crippen LogP contribution in [0, 0.1) is 13.8 Å². The van der Waals surface area contributed by atoms with Crippen LogP contribution in [0.1, 0.15) is 34.7 Å². The maximum Gasteiger partial charge on any atom is 0.224 e. The molecule has 0 atom stereocenters. The average molecular weight is 359 g/mol. The van der Waals surface area contributed by atoms with Crippen molar-refractivity contribution in [2.24, 2.45) is 0 Å². The molecule has 3 heteroatoms. The zero-order chi connectivity index (χ0) is 19.1. The number of amides is 1. The fourth-order valence-electron chi connectivity index (χ4n) is 3.16. The third-order valence-corrected chi connectivity index (χ3v) is 4.36. The van der Waals surface area contributed by atoms with Gasteiger partial charge < -0.3 is 10.1 Å². The summed E-state index contributed by atoms with van der Waals surface area (Å²) in [6.07, 6.45) is 0.309. The lowest BCUT2D eigenvalue weighted by Crippen LogP contribution is -2.30. The van der Waals surface area contributed by atoms with E-state index in [-0.39, 0.29) is 11.9 Å². The van der Waals surface area contributed by atoms with E-state index in [2.05, 4.69) is 11.4 Å². The number of carbonyl (C=O) groups excluding carboxylic acids is 1. The van der Waals surface area contributed by atoms with Gasteiger partial charge in [-0.15, -0.1) is 0 Å². The van der Waals surface area contributed by atoms with Crippen molar-refractivity contribution in [3.05, 3.63) is 101 Å². The second-order valence-corrected chi connectivity index (χ2v) is 6.74. The fourth-order valence-corrected chi connectivity index (χ4v) is 3.16. The second-order valence-electron chi connectivity index (χ2n) is 6.74. The smallest absolute Gasteiger partial charge is 0.224 e. The van der Waals surface area contributed by atoms with E-state index in [1.807, 2.05) is 86.6 Å². The standard InChI is InChI=1S/C24H25NO2/c1-18-15-19(2)17-22(16-18)27-14-13-23(26)25-24(20-9-5-3-6-10-20)21-11-7-4-8-12-21/h3-12,15-17,24H,13-14H2,1-2H3,(H,25,26). The summed E-state index contributed by atoms with van der Waals surface area (Å²) < 4.78 is 5.77. The number of nitrogens with one attached hydrogen (secondary N) is 1. The third-order valence-electron chi connectivity index (χ3n) is 4.36. The third kappa shape index (κ3) is 5.45. The van der Waals surface area contributed by atoms with Gasteiger partial charge in [0.1, 0.15) is 5.75 Å². The van der Waals surface area contributed by atoms with E-state index in [0.717, 1.165) is 28.0 Å². The van der Waals surface area contributed by atoms with Crippen molar-refractivity contribution in [1.82, 2.24) is 5.32 Å². The van der Waals surface area contributed by atoms with Crippen LogP contribution in [-0.2, 0) is 4.79 Å². The van der Waals surface area contributed by atoms with Crippen molar-refractivity contribution in [1.29, 1.82) is 0 Å². The zero-order valence-electron chi connectivity index (χ0n) is 15.8. The van der Waals surface area contributed by atoms with Crippen LogP contribution in [0.15, 0.2) is 78.9 Å². The first-order valence-corrected chi connectivity index (χ1v) is 9.22. The summed E-state index contributed by atoms with van der Waals surface area (Å²) >= 11 is 0. The van der Waals surface area contributed by atoms with Crippen LogP contribution >= 0.6 is 0 Å². The Hall–Kier alpha value is -3.07. The number of rotatable bonds is 7. The van der Waals surface area contributed by atoms with E-state index in [9.17, 15) is 4.79 Å². The van der Waals surface area contributed by atoms with Crippen molar-refractivity contribution in [3.63, 3.8) is 0 Å². The van der Waals surface area contributed by atoms with Crippen molar-refractivity contribution in [2.75, 3.05) is 6.61 Å². The molecule has 1 amide bonds. The molecule has 27 heavy (non-hydrogen) atoms. The van der Waals surface area contributed by atoms with Gasteiger partial charge in [0, 0.05) is 0 Å². The summed E-state index contributed by atoms with van der Waals surface area (Å²) in [6, 6.07) is 25.9. The topological polar surface area (TPSA) is 38.3 Å². The van der Waals surface area contributed by atoms with Crippen LogP contribution in [0.3, 0.4) is 0 Å². The van der Waals surface area contributed by atoms with Gasteiger partial charge in [0.15, 0.2) is 0 Å². The number of benzene rings is 3. The molecule has 3 aromatic carbocycles. The number of hydrogen-bond donors (Lipinski definition) is 1. The predicted molar refractivity (Wildman–Crippen MR) is 109 cm³/mol. The fraction of sp³-hybridized carbons (Fsp3) is 0.208. The highest BCUT2D eigenvalue weighted by atomic mass is 16.5. The molecule has 1 N–H and O–H groups in total. The zero-order valence-corrected chi connectivity index (χ0v) is 15.8. The van der Waals surface area contributed by atoms with Crippen LogP contribution in [0.2, 0.25) is 0 Å². The van der Waals surface area contributed by atoms with E-state index in [1.165, 1.54) is 0 Å². The molecule has 0 saturated heterocycles. The summed E-state index contributed by atoms with van der Waals surface area (Å²) in [5.41, 5.74) is 4.44. The predicted octanol–water partition coefficient (Wildman–Crippen LogP) is 4.98. The molecular weight excluding hydrogens is 334 g/mol. The molecule has 0 aliphatic carbocycles. The minimum Gasteiger partial charge on any atom is -0.493 e. The highest BCUT2D eigenvalue weighted by molar-refractivity contribution is 5.77. The molecule has 3 rings (SSSR count). The molecule has 0 aliphatic heterocycles. The van der Waals surface area contributed by atoms with Crippen molar-refractivity contribution in [2.45, 2.75) is 26.3 Å². The number of hydrogen-bond acceptors (Lipinski definition) is 2. The first-order valence-electron chi connectivity index (χ1n) is 9.22. The highest BCUT2D eigenvalue weighted by Gasteiger charge is 2.16. The molecule has 0 aromatic heterocycles. The maximum atomic E-state index is 12.5. The maximum absolute atomic E-state index is 12.5. The summed E-state index contributed by atoms with van der Waals surface area (Å²) in [5.74, 6) is 0.778. The molecule has 0 unspecified atom stereocenters. The number of carbonyl (C=O) groups is 1. The van der Waals surface area contributed by atoms with Crippen LogP contribution < -0.4 is 10.1 Å². The molecular formula is C24H25NO2. The Kier molecular flexibility index (Phi) is 6.26. The molecule has 0 fully saturated rings. The van der Waals surface area contributed by atoms with Gasteiger partial charge in [-0.3, -0.25) is 4.79 Å². The van der Waals surface area contributed by atoms with Gasteiger partial charge in [-0.1, -0.05) is 66.7 Å². The van der Waals surface area contributed by atoms with Gasteiger partial charge in [-0.05, 0) is 48.2 Å². The minimum atomic E-state index is -0.166. The summed E-state index contributed by atoms with van der Waals surface area (Å²) in [5, 5.41) is 3.14. The highest BCUT2D eigenvalue weighted by Crippen LogP contribution is 2.22. The van der Waals surface area contributed by atoms with Crippen LogP contribution in [0.25, 0.3) is 0 Å². The SMILES string of the molecule is Cc1cc(C)cc(OCCC(=O)NC(c2ccccc2)c2ccccc2)c1. The largest absolute Gasteiger partial charge is 0.493 e. The Balaban J connectivity index is 1.63. The van der Waals surface area contributed by atoms with Gasteiger partial charge in [0.2, 0.25) is 5.91 Å². The Labute approximate surface area is 161 Å². The Morgan fingerprint density at radius 2 is 1.37 bits per heavy atom. The van der Waals surface area contributed by atoms with E-state index < -0.39 is 0 Å². The van der Waals surface area contributed by atoms with E-state index in [1.54, 1.807) is 0 Å². The Bertz CT molecular complexity index is 816. The van der Waals surface area contributed by atoms with Crippen molar-refractivity contribution in [3.8, 4) is 5.75 Å². The molecule has 0 aliphatic rings. The molecule has 3 nitrogen and oxygen atoms in total. The minimum absolute atomic E-state index is 0.0305. The second kappa shape index (κ2) is 9.04. The van der Waals surface area contributed by atoms with Crippen molar-refractivity contribution >= 4 is 5.91 Å². The van der Waals surface area contributed by atoms with E-state index >= 15 is 0 Å². The molecule has 0 spiro atoms. The first kappa shape index (κ1) is 18.7. The lowest BCUT2D eigenvalue weighted by molar-refractivity contribution is -0.122. The van der Waals surface area contributed by atoms with E-state index in [0.29, 0.717) is 13.0 Å².